The molecule has 134 valence electrons. The minimum absolute atomic E-state index is 0.423. The van der Waals surface area contributed by atoms with Gasteiger partial charge >= 0.3 is 0 Å². The van der Waals surface area contributed by atoms with Crippen LogP contribution >= 0.6 is 11.3 Å². The van der Waals surface area contributed by atoms with Crippen LogP contribution in [0.25, 0.3) is 4.85 Å². The van der Waals surface area contributed by atoms with Crippen molar-refractivity contribution in [3.05, 3.63) is 45.9 Å². The van der Waals surface area contributed by atoms with E-state index in [1.165, 1.54) is 0 Å². The number of ether oxygens (including phenoxy) is 4. The third-order valence-electron chi connectivity index (χ3n) is 4.20. The van der Waals surface area contributed by atoms with E-state index in [1.807, 2.05) is 24.4 Å². The Morgan fingerprint density at radius 3 is 2.24 bits per heavy atom. The van der Waals surface area contributed by atoms with Crippen molar-refractivity contribution >= 4 is 11.3 Å². The Bertz CT molecular complexity index is 699. The quantitative estimate of drug-likeness (QED) is 0.604. The summed E-state index contributed by atoms with van der Waals surface area (Å²) < 4.78 is 21.9. The summed E-state index contributed by atoms with van der Waals surface area (Å²) in [7, 11) is 4.70. The Morgan fingerprint density at radius 2 is 1.80 bits per heavy atom. The van der Waals surface area contributed by atoms with E-state index in [4.69, 9.17) is 25.5 Å². The lowest BCUT2D eigenvalue weighted by molar-refractivity contribution is 0.268. The SMILES string of the molecule is [C-]#[N+]C(CC)(CCOc1cc(OC)c(OC)c(OC)c1)c1cccs1. The number of methoxy groups -OCH3 is 3. The molecule has 0 radical (unpaired) electrons. The van der Waals surface area contributed by atoms with Gasteiger partial charge in [0.25, 0.3) is 5.54 Å². The van der Waals surface area contributed by atoms with Gasteiger partial charge in [-0.15, -0.1) is 11.3 Å². The van der Waals surface area contributed by atoms with Crippen LogP contribution in [0.4, 0.5) is 0 Å². The number of hydrogen-bond acceptors (Lipinski definition) is 5. The Balaban J connectivity index is 2.14. The summed E-state index contributed by atoms with van der Waals surface area (Å²) in [6.45, 7) is 10.1. The predicted molar refractivity (Wildman–Crippen MR) is 99.1 cm³/mol. The van der Waals surface area contributed by atoms with Crippen molar-refractivity contribution in [2.45, 2.75) is 25.3 Å². The number of nitrogens with zero attached hydrogens (tertiary/aromatic N) is 1. The Labute approximate surface area is 152 Å². The van der Waals surface area contributed by atoms with Crippen LogP contribution in [0, 0.1) is 6.57 Å². The van der Waals surface area contributed by atoms with E-state index in [0.717, 1.165) is 11.3 Å². The van der Waals surface area contributed by atoms with Crippen LogP contribution < -0.4 is 18.9 Å². The van der Waals surface area contributed by atoms with Gasteiger partial charge in [-0.25, -0.2) is 6.57 Å². The lowest BCUT2D eigenvalue weighted by atomic mass is 9.91. The van der Waals surface area contributed by atoms with Crippen LogP contribution in [0.1, 0.15) is 24.6 Å². The fraction of sp³-hybridized carbons (Fsp3) is 0.421. The number of rotatable bonds is 9. The molecule has 0 aliphatic heterocycles. The summed E-state index contributed by atoms with van der Waals surface area (Å²) in [4.78, 5) is 5.00. The maximum atomic E-state index is 7.67. The van der Waals surface area contributed by atoms with E-state index < -0.39 is 5.54 Å². The van der Waals surface area contributed by atoms with Crippen molar-refractivity contribution in [2.24, 2.45) is 0 Å². The molecule has 0 bridgehead atoms. The van der Waals surface area contributed by atoms with Crippen LogP contribution in [0.3, 0.4) is 0 Å². The summed E-state index contributed by atoms with van der Waals surface area (Å²) in [6, 6.07) is 7.53. The van der Waals surface area contributed by atoms with Crippen LogP contribution in [-0.4, -0.2) is 27.9 Å². The standard InChI is InChI=1S/C19H23NO4S/c1-6-19(20-2,17-8-7-11-25-17)9-10-24-14-12-15(21-3)18(23-5)16(13-14)22-4/h7-8,11-13H,6,9-10H2,1,3-5H3. The van der Waals surface area contributed by atoms with Crippen molar-refractivity contribution in [2.75, 3.05) is 27.9 Å². The van der Waals surface area contributed by atoms with Crippen LogP contribution in [0.2, 0.25) is 0 Å². The minimum Gasteiger partial charge on any atom is -0.493 e. The smallest absolute Gasteiger partial charge is 0.269 e. The highest BCUT2D eigenvalue weighted by atomic mass is 32.1. The normalized spacial score (nSPS) is 12.8. The first-order valence-corrected chi connectivity index (χ1v) is 8.87. The molecule has 2 aromatic rings. The monoisotopic (exact) mass is 361 g/mol. The molecule has 0 amide bonds. The molecule has 1 aromatic carbocycles. The number of hydrogen-bond donors (Lipinski definition) is 0. The van der Waals surface area contributed by atoms with Gasteiger partial charge in [-0.2, -0.15) is 0 Å². The molecule has 0 aliphatic carbocycles. The number of benzene rings is 1. The van der Waals surface area contributed by atoms with Crippen molar-refractivity contribution in [3.8, 4) is 23.0 Å². The summed E-state index contributed by atoms with van der Waals surface area (Å²) in [5, 5.41) is 2.00. The first-order chi connectivity index (χ1) is 12.1. The average Bonchev–Trinajstić information content (AvgIpc) is 3.19. The summed E-state index contributed by atoms with van der Waals surface area (Å²) >= 11 is 1.62. The molecule has 0 saturated heterocycles. The van der Waals surface area contributed by atoms with Gasteiger partial charge < -0.3 is 23.8 Å². The first-order valence-electron chi connectivity index (χ1n) is 7.99. The second-order valence-electron chi connectivity index (χ2n) is 5.43. The number of thiophene rings is 1. The first kappa shape index (κ1) is 18.9. The molecule has 0 spiro atoms. The van der Waals surface area contributed by atoms with Crippen molar-refractivity contribution in [1.82, 2.24) is 0 Å². The van der Waals surface area contributed by atoms with Crippen LogP contribution in [0.5, 0.6) is 23.0 Å². The largest absolute Gasteiger partial charge is 0.493 e. The molecule has 0 saturated carbocycles. The third-order valence-corrected chi connectivity index (χ3v) is 5.26. The molecular weight excluding hydrogens is 338 g/mol. The molecule has 1 aromatic heterocycles. The molecule has 1 heterocycles. The van der Waals surface area contributed by atoms with Gasteiger partial charge in [0, 0.05) is 18.6 Å². The second kappa shape index (κ2) is 8.63. The highest BCUT2D eigenvalue weighted by Gasteiger charge is 2.38. The molecule has 5 nitrogen and oxygen atoms in total. The Hall–Kier alpha value is -2.39. The molecule has 6 heteroatoms. The van der Waals surface area contributed by atoms with Gasteiger partial charge in [-0.3, -0.25) is 0 Å². The molecule has 25 heavy (non-hydrogen) atoms. The molecule has 0 aliphatic rings. The average molecular weight is 361 g/mol. The van der Waals surface area contributed by atoms with Gasteiger partial charge in [-0.05, 0) is 11.4 Å². The van der Waals surface area contributed by atoms with Gasteiger partial charge in [-0.1, -0.05) is 13.0 Å². The summed E-state index contributed by atoms with van der Waals surface area (Å²) in [5.41, 5.74) is -0.533. The maximum Gasteiger partial charge on any atom is 0.269 e. The molecule has 0 N–H and O–H groups in total. The molecule has 0 fully saturated rings. The zero-order chi connectivity index (χ0) is 18.3. The van der Waals surface area contributed by atoms with E-state index in [2.05, 4.69) is 4.85 Å². The fourth-order valence-electron chi connectivity index (χ4n) is 2.69. The lowest BCUT2D eigenvalue weighted by Gasteiger charge is -2.20. The van der Waals surface area contributed by atoms with Crippen molar-refractivity contribution in [3.63, 3.8) is 0 Å². The van der Waals surface area contributed by atoms with Gasteiger partial charge in [0.1, 0.15) is 5.75 Å². The fourth-order valence-corrected chi connectivity index (χ4v) is 3.66. The van der Waals surface area contributed by atoms with E-state index in [-0.39, 0.29) is 0 Å². The van der Waals surface area contributed by atoms with E-state index >= 15 is 0 Å². The van der Waals surface area contributed by atoms with Gasteiger partial charge in [0.05, 0.1) is 39.2 Å². The Morgan fingerprint density at radius 1 is 1.12 bits per heavy atom. The molecule has 2 rings (SSSR count). The van der Waals surface area contributed by atoms with Crippen molar-refractivity contribution < 1.29 is 18.9 Å². The molecule has 1 unspecified atom stereocenters. The minimum atomic E-state index is -0.533. The molecular formula is C19H23NO4S. The highest BCUT2D eigenvalue weighted by molar-refractivity contribution is 7.10. The predicted octanol–water partition coefficient (Wildman–Crippen LogP) is 4.77. The van der Waals surface area contributed by atoms with Crippen LogP contribution in [0.15, 0.2) is 29.6 Å². The second-order valence-corrected chi connectivity index (χ2v) is 6.38. The van der Waals surface area contributed by atoms with Crippen LogP contribution in [-0.2, 0) is 5.54 Å². The molecule has 1 atom stereocenters. The van der Waals surface area contributed by atoms with Gasteiger partial charge in [0.2, 0.25) is 5.75 Å². The topological polar surface area (TPSA) is 41.3 Å². The van der Waals surface area contributed by atoms with E-state index in [0.29, 0.717) is 36.0 Å². The zero-order valence-electron chi connectivity index (χ0n) is 15.0. The maximum absolute atomic E-state index is 7.67. The lowest BCUT2D eigenvalue weighted by Crippen LogP contribution is -2.22. The third kappa shape index (κ3) is 3.99. The summed E-state index contributed by atoms with van der Waals surface area (Å²) in [5.74, 6) is 2.24. The van der Waals surface area contributed by atoms with E-state index in [1.54, 1.807) is 44.8 Å². The summed E-state index contributed by atoms with van der Waals surface area (Å²) in [6.07, 6.45) is 1.36. The zero-order valence-corrected chi connectivity index (χ0v) is 15.8. The van der Waals surface area contributed by atoms with E-state index in [9.17, 15) is 0 Å². The van der Waals surface area contributed by atoms with Crippen molar-refractivity contribution in [1.29, 1.82) is 0 Å². The van der Waals surface area contributed by atoms with Gasteiger partial charge in [0.15, 0.2) is 11.5 Å². The highest BCUT2D eigenvalue weighted by Crippen LogP contribution is 2.41. The Kier molecular flexibility index (Phi) is 6.54.